The molecule has 3 heterocycles. The third-order valence-corrected chi connectivity index (χ3v) is 19.3. The molecule has 0 aliphatic heterocycles. The number of hydrogen-bond donors (Lipinski definition) is 0. The van der Waals surface area contributed by atoms with Gasteiger partial charge in [-0.25, -0.2) is 0 Å². The highest BCUT2D eigenvalue weighted by molar-refractivity contribution is 7.20. The summed E-state index contributed by atoms with van der Waals surface area (Å²) in [5.41, 5.74) is 8.17. The molecule has 0 N–H and O–H groups in total. The molecular weight excluding hydrogens is 807 g/mol. The van der Waals surface area contributed by atoms with Gasteiger partial charge >= 0.3 is 0 Å². The van der Waals surface area contributed by atoms with Crippen LogP contribution in [0.3, 0.4) is 0 Å². The van der Waals surface area contributed by atoms with Crippen LogP contribution in [0.5, 0.6) is 0 Å². The van der Waals surface area contributed by atoms with Crippen LogP contribution in [0.15, 0.2) is 200 Å². The van der Waals surface area contributed by atoms with Gasteiger partial charge in [-0.1, -0.05) is 198 Å². The van der Waals surface area contributed by atoms with Gasteiger partial charge in [0.05, 0.1) is 22.1 Å². The summed E-state index contributed by atoms with van der Waals surface area (Å²) >= 11 is 0. The molecule has 0 radical (unpaired) electrons. The first kappa shape index (κ1) is 39.2. The number of nitrogens with zero attached hydrogens (tertiary/aromatic N) is 5. The summed E-state index contributed by atoms with van der Waals surface area (Å²) in [6, 6.07) is 73.1. The topological polar surface area (TPSA) is 48.5 Å². The van der Waals surface area contributed by atoms with E-state index >= 15 is 0 Å². The van der Waals surface area contributed by atoms with E-state index in [1.165, 1.54) is 42.6 Å². The van der Waals surface area contributed by atoms with E-state index in [1.54, 1.807) is 0 Å². The van der Waals surface area contributed by atoms with E-state index in [0.29, 0.717) is 17.7 Å². The predicted molar refractivity (Wildman–Crippen MR) is 273 cm³/mol. The van der Waals surface area contributed by atoms with Crippen molar-refractivity contribution in [2.45, 2.75) is 51.4 Å². The van der Waals surface area contributed by atoms with E-state index in [0.717, 1.165) is 51.2 Å². The second-order valence-corrected chi connectivity index (χ2v) is 22.8. The molecule has 0 fully saturated rings. The Balaban J connectivity index is 1.22. The number of aromatic nitrogens is 5. The van der Waals surface area contributed by atoms with Crippen molar-refractivity contribution in [3.63, 3.8) is 0 Å². The third-order valence-electron chi connectivity index (χ3n) is 14.4. The van der Waals surface area contributed by atoms with Crippen molar-refractivity contribution >= 4 is 72.4 Å². The highest BCUT2D eigenvalue weighted by Gasteiger charge is 2.43. The predicted octanol–water partition coefficient (Wildman–Crippen LogP) is 11.5. The van der Waals surface area contributed by atoms with Crippen LogP contribution in [-0.4, -0.2) is 32.2 Å². The van der Waals surface area contributed by atoms with Crippen LogP contribution in [0.1, 0.15) is 51.7 Å². The molecule has 0 spiro atoms. The molecule has 0 atom stereocenters. The summed E-state index contributed by atoms with van der Waals surface area (Å²) in [6.45, 7) is 9.62. The van der Waals surface area contributed by atoms with Crippen LogP contribution < -0.4 is 20.7 Å². The fraction of sp³-hybridized carbons (Fsp3) is 0.136. The summed E-state index contributed by atoms with van der Waals surface area (Å²) in [5.74, 6) is 1.80. The van der Waals surface area contributed by atoms with E-state index in [1.807, 2.05) is 0 Å². The Morgan fingerprint density at radius 2 is 0.769 bits per heavy atom. The zero-order valence-corrected chi connectivity index (χ0v) is 38.2. The number of benzene rings is 8. The quantitative estimate of drug-likeness (QED) is 0.119. The van der Waals surface area contributed by atoms with E-state index in [4.69, 9.17) is 15.0 Å². The van der Waals surface area contributed by atoms with Gasteiger partial charge in [-0.3, -0.25) is 9.13 Å². The number of fused-ring (bicyclic) bond motifs is 7. The Hall–Kier alpha value is -7.41. The number of rotatable bonds is 7. The standard InChI is InChI=1S/C59H49N5Si/c1-58(2)36-37-59(3,4)49-39-53-47(38-48(49)58)45-30-16-20-34-52(45)64(53)57-61-55(60-56(62-57)63-50-32-18-14-28-43(50)44-29-15-19-33-51(44)63)46-31-17-21-35-54(46)65(40-22-8-5-9-23-40,41-24-10-6-11-25-41)42-26-12-7-13-27-42/h5-35,38-39H,36-37H2,1-4H3. The molecule has 12 rings (SSSR count). The van der Waals surface area contributed by atoms with Crippen LogP contribution in [0, 0.1) is 0 Å². The van der Waals surface area contributed by atoms with Crippen LogP contribution >= 0.6 is 0 Å². The van der Waals surface area contributed by atoms with Gasteiger partial charge in [0.1, 0.15) is 0 Å². The zero-order valence-electron chi connectivity index (χ0n) is 37.2. The second-order valence-electron chi connectivity index (χ2n) is 19.1. The first-order chi connectivity index (χ1) is 31.7. The van der Waals surface area contributed by atoms with Gasteiger partial charge in [0.2, 0.25) is 11.9 Å². The largest absolute Gasteiger partial charge is 0.278 e. The Morgan fingerprint density at radius 3 is 1.26 bits per heavy atom. The van der Waals surface area contributed by atoms with Gasteiger partial charge < -0.3 is 0 Å². The molecular formula is C59H49N5Si. The van der Waals surface area contributed by atoms with Crippen molar-refractivity contribution in [1.29, 1.82) is 0 Å². The zero-order chi connectivity index (χ0) is 43.9. The molecule has 8 aromatic carbocycles. The van der Waals surface area contributed by atoms with E-state index < -0.39 is 8.07 Å². The number of para-hydroxylation sites is 3. The van der Waals surface area contributed by atoms with Gasteiger partial charge in [0, 0.05) is 27.1 Å². The van der Waals surface area contributed by atoms with Crippen LogP contribution in [-0.2, 0) is 10.8 Å². The Kier molecular flexibility index (Phi) is 8.94. The SMILES string of the molecule is CC1(C)CCC(C)(C)c2cc3c(cc21)c1ccccc1n3-c1nc(-c2ccccc2[Si](c2ccccc2)(c2ccccc2)c2ccccc2)nc(-n2c3ccccc3c3ccccc32)n1. The normalized spacial score (nSPS) is 14.6. The average Bonchev–Trinajstić information content (AvgIpc) is 3.87. The van der Waals surface area contributed by atoms with Crippen molar-refractivity contribution in [1.82, 2.24) is 24.1 Å². The maximum Gasteiger partial charge on any atom is 0.240 e. The Labute approximate surface area is 380 Å². The van der Waals surface area contributed by atoms with Crippen molar-refractivity contribution in [2.75, 3.05) is 0 Å². The maximum absolute atomic E-state index is 5.70. The van der Waals surface area contributed by atoms with Crippen LogP contribution in [0.2, 0.25) is 0 Å². The summed E-state index contributed by atoms with van der Waals surface area (Å²) in [7, 11) is -3.03. The first-order valence-electron chi connectivity index (χ1n) is 22.8. The highest BCUT2D eigenvalue weighted by atomic mass is 28.3. The Morgan fingerprint density at radius 1 is 0.385 bits per heavy atom. The van der Waals surface area contributed by atoms with Gasteiger partial charge in [-0.05, 0) is 85.9 Å². The molecule has 0 unspecified atom stereocenters. The van der Waals surface area contributed by atoms with Crippen LogP contribution in [0.4, 0.5) is 0 Å². The van der Waals surface area contributed by atoms with E-state index in [9.17, 15) is 0 Å². The molecule has 11 aromatic rings. The number of hydrogen-bond acceptors (Lipinski definition) is 3. The lowest BCUT2D eigenvalue weighted by Crippen LogP contribution is -2.75. The third kappa shape index (κ3) is 6.00. The first-order valence-corrected chi connectivity index (χ1v) is 24.8. The van der Waals surface area contributed by atoms with Gasteiger partial charge in [-0.2, -0.15) is 15.0 Å². The Bertz CT molecular complexity index is 3460. The molecule has 0 bridgehead atoms. The molecule has 1 aliphatic rings. The van der Waals surface area contributed by atoms with Gasteiger partial charge in [0.25, 0.3) is 0 Å². The molecule has 0 amide bonds. The van der Waals surface area contributed by atoms with E-state index in [2.05, 4.69) is 237 Å². The maximum atomic E-state index is 5.70. The molecule has 65 heavy (non-hydrogen) atoms. The highest BCUT2D eigenvalue weighted by Crippen LogP contribution is 2.48. The average molecular weight is 856 g/mol. The van der Waals surface area contributed by atoms with Gasteiger partial charge in [0.15, 0.2) is 13.9 Å². The molecule has 3 aromatic heterocycles. The summed E-state index contributed by atoms with van der Waals surface area (Å²) in [6.07, 6.45) is 2.27. The minimum atomic E-state index is -3.03. The van der Waals surface area contributed by atoms with E-state index in [-0.39, 0.29) is 10.8 Å². The molecule has 6 heteroatoms. The lowest BCUT2D eigenvalue weighted by Gasteiger charge is -2.42. The van der Waals surface area contributed by atoms with Crippen molar-refractivity contribution in [3.05, 3.63) is 211 Å². The minimum absolute atomic E-state index is 0.0118. The minimum Gasteiger partial charge on any atom is -0.278 e. The molecule has 0 saturated heterocycles. The fourth-order valence-electron chi connectivity index (χ4n) is 11.1. The fourth-order valence-corrected chi connectivity index (χ4v) is 16.0. The molecule has 5 nitrogen and oxygen atoms in total. The molecule has 0 saturated carbocycles. The van der Waals surface area contributed by atoms with Crippen LogP contribution in [0.25, 0.3) is 66.9 Å². The van der Waals surface area contributed by atoms with Gasteiger partial charge in [-0.15, -0.1) is 0 Å². The second kappa shape index (κ2) is 14.8. The molecule has 1 aliphatic carbocycles. The lowest BCUT2D eigenvalue weighted by molar-refractivity contribution is 0.332. The van der Waals surface area contributed by atoms with Crippen molar-refractivity contribution in [3.8, 4) is 23.3 Å². The molecule has 314 valence electrons. The van der Waals surface area contributed by atoms with Crippen molar-refractivity contribution in [2.24, 2.45) is 0 Å². The van der Waals surface area contributed by atoms with Crippen molar-refractivity contribution < 1.29 is 0 Å². The smallest absolute Gasteiger partial charge is 0.240 e. The summed E-state index contributed by atoms with van der Waals surface area (Å²) in [4.78, 5) is 16.9. The monoisotopic (exact) mass is 855 g/mol. The summed E-state index contributed by atoms with van der Waals surface area (Å²) < 4.78 is 4.55. The lowest BCUT2D eigenvalue weighted by atomic mass is 9.63. The summed E-state index contributed by atoms with van der Waals surface area (Å²) in [5, 5.41) is 9.81.